The quantitative estimate of drug-likeness (QED) is 0.705. The molecule has 0 radical (unpaired) electrons. The van der Waals surface area contributed by atoms with Gasteiger partial charge in [0, 0.05) is 18.2 Å². The van der Waals surface area contributed by atoms with E-state index < -0.39 is 0 Å². The topological polar surface area (TPSA) is 29.5 Å². The monoisotopic (exact) mass is 205 g/mol. The van der Waals surface area contributed by atoms with Gasteiger partial charge in [0.15, 0.2) is 0 Å². The number of amides is 1. The number of ether oxygens (including phenoxy) is 1. The molecule has 0 unspecified atom stereocenters. The summed E-state index contributed by atoms with van der Waals surface area (Å²) in [6, 6.07) is 9.62. The number of anilines is 1. The molecule has 3 heteroatoms. The molecule has 0 saturated carbocycles. The summed E-state index contributed by atoms with van der Waals surface area (Å²) in [5.74, 6) is 0.364. The Balaban J connectivity index is 2.20. The number of para-hydroxylation sites is 1. The van der Waals surface area contributed by atoms with Gasteiger partial charge < -0.3 is 4.74 Å². The summed E-state index contributed by atoms with van der Waals surface area (Å²) in [5.41, 5.74) is 0.904. The van der Waals surface area contributed by atoms with Crippen molar-refractivity contribution in [3.05, 3.63) is 30.3 Å². The van der Waals surface area contributed by atoms with Crippen molar-refractivity contribution in [2.24, 2.45) is 5.92 Å². The SMILES string of the molecule is C[C@@H]1CN(c2ccccc2)C(=O)O[C@H]1C. The Morgan fingerprint density at radius 1 is 1.27 bits per heavy atom. The highest BCUT2D eigenvalue weighted by Gasteiger charge is 2.30. The van der Waals surface area contributed by atoms with E-state index in [9.17, 15) is 4.79 Å². The van der Waals surface area contributed by atoms with Gasteiger partial charge in [-0.3, -0.25) is 4.90 Å². The van der Waals surface area contributed by atoms with Crippen LogP contribution in [0.1, 0.15) is 13.8 Å². The Bertz CT molecular complexity index is 350. The van der Waals surface area contributed by atoms with Gasteiger partial charge in [-0.25, -0.2) is 4.79 Å². The lowest BCUT2D eigenvalue weighted by Crippen LogP contribution is -2.46. The molecule has 1 amide bonds. The molecule has 1 aromatic rings. The minimum atomic E-state index is -0.244. The Labute approximate surface area is 89.7 Å². The summed E-state index contributed by atoms with van der Waals surface area (Å²) in [6.45, 7) is 4.75. The molecule has 80 valence electrons. The van der Waals surface area contributed by atoms with E-state index in [0.29, 0.717) is 5.92 Å². The largest absolute Gasteiger partial charge is 0.446 e. The Morgan fingerprint density at radius 2 is 1.93 bits per heavy atom. The number of benzene rings is 1. The minimum Gasteiger partial charge on any atom is -0.446 e. The molecule has 0 aromatic heterocycles. The van der Waals surface area contributed by atoms with Crippen LogP contribution in [-0.2, 0) is 4.74 Å². The lowest BCUT2D eigenvalue weighted by molar-refractivity contribution is 0.0649. The molecule has 3 nitrogen and oxygen atoms in total. The van der Waals surface area contributed by atoms with Crippen LogP contribution in [0, 0.1) is 5.92 Å². The molecule has 1 heterocycles. The van der Waals surface area contributed by atoms with Gasteiger partial charge in [-0.2, -0.15) is 0 Å². The van der Waals surface area contributed by atoms with Crippen LogP contribution in [0.4, 0.5) is 10.5 Å². The number of carbonyl (C=O) groups excluding carboxylic acids is 1. The average Bonchev–Trinajstić information content (AvgIpc) is 2.25. The number of carbonyl (C=O) groups is 1. The summed E-state index contributed by atoms with van der Waals surface area (Å²) in [5, 5.41) is 0. The maximum Gasteiger partial charge on any atom is 0.414 e. The van der Waals surface area contributed by atoms with Crippen molar-refractivity contribution in [1.82, 2.24) is 0 Å². The van der Waals surface area contributed by atoms with Crippen molar-refractivity contribution < 1.29 is 9.53 Å². The van der Waals surface area contributed by atoms with E-state index in [1.807, 2.05) is 37.3 Å². The lowest BCUT2D eigenvalue weighted by atomic mass is 10.0. The van der Waals surface area contributed by atoms with Gasteiger partial charge in [-0.05, 0) is 19.1 Å². The summed E-state index contributed by atoms with van der Waals surface area (Å²) in [6.07, 6.45) is -0.232. The van der Waals surface area contributed by atoms with Crippen molar-refractivity contribution in [3.63, 3.8) is 0 Å². The predicted molar refractivity (Wildman–Crippen MR) is 58.9 cm³/mol. The number of nitrogens with zero attached hydrogens (tertiary/aromatic N) is 1. The van der Waals surface area contributed by atoms with Crippen LogP contribution in [0.15, 0.2) is 30.3 Å². The van der Waals surface area contributed by atoms with Crippen LogP contribution in [0.3, 0.4) is 0 Å². The molecular weight excluding hydrogens is 190 g/mol. The van der Waals surface area contributed by atoms with Crippen LogP contribution < -0.4 is 4.90 Å². The van der Waals surface area contributed by atoms with Crippen molar-refractivity contribution in [2.45, 2.75) is 20.0 Å². The second-order valence-corrected chi connectivity index (χ2v) is 4.01. The molecule has 0 bridgehead atoms. The first-order chi connectivity index (χ1) is 7.18. The first-order valence-electron chi connectivity index (χ1n) is 5.21. The van der Waals surface area contributed by atoms with Gasteiger partial charge in [-0.15, -0.1) is 0 Å². The van der Waals surface area contributed by atoms with Crippen LogP contribution >= 0.6 is 0 Å². The van der Waals surface area contributed by atoms with Crippen molar-refractivity contribution in [3.8, 4) is 0 Å². The zero-order valence-electron chi connectivity index (χ0n) is 9.01. The highest BCUT2D eigenvalue weighted by Crippen LogP contribution is 2.23. The molecule has 1 fully saturated rings. The van der Waals surface area contributed by atoms with E-state index in [1.54, 1.807) is 4.90 Å². The van der Waals surface area contributed by atoms with Gasteiger partial charge in [0.1, 0.15) is 6.10 Å². The molecule has 1 saturated heterocycles. The smallest absolute Gasteiger partial charge is 0.414 e. The third-order valence-corrected chi connectivity index (χ3v) is 2.85. The second kappa shape index (κ2) is 3.93. The predicted octanol–water partition coefficient (Wildman–Crippen LogP) is 2.67. The molecular formula is C12H15NO2. The molecule has 1 aromatic carbocycles. The molecule has 0 N–H and O–H groups in total. The first kappa shape index (κ1) is 10.0. The number of cyclic esters (lactones) is 1. The fourth-order valence-electron chi connectivity index (χ4n) is 1.67. The lowest BCUT2D eigenvalue weighted by Gasteiger charge is -2.34. The van der Waals surface area contributed by atoms with Crippen molar-refractivity contribution in [1.29, 1.82) is 0 Å². The summed E-state index contributed by atoms with van der Waals surface area (Å²) < 4.78 is 5.25. The minimum absolute atomic E-state index is 0.0115. The molecule has 2 atom stereocenters. The molecule has 15 heavy (non-hydrogen) atoms. The fourth-order valence-corrected chi connectivity index (χ4v) is 1.67. The highest BCUT2D eigenvalue weighted by molar-refractivity contribution is 5.88. The second-order valence-electron chi connectivity index (χ2n) is 4.01. The average molecular weight is 205 g/mol. The molecule has 1 aliphatic heterocycles. The van der Waals surface area contributed by atoms with E-state index in [4.69, 9.17) is 4.74 Å². The van der Waals surface area contributed by atoms with Crippen LogP contribution in [0.5, 0.6) is 0 Å². The maximum atomic E-state index is 11.7. The van der Waals surface area contributed by atoms with Gasteiger partial charge in [0.05, 0.1) is 0 Å². The zero-order valence-corrected chi connectivity index (χ0v) is 9.01. The van der Waals surface area contributed by atoms with Crippen LogP contribution in [0.25, 0.3) is 0 Å². The van der Waals surface area contributed by atoms with E-state index in [0.717, 1.165) is 12.2 Å². The summed E-state index contributed by atoms with van der Waals surface area (Å²) in [7, 11) is 0. The van der Waals surface area contributed by atoms with E-state index in [-0.39, 0.29) is 12.2 Å². The van der Waals surface area contributed by atoms with E-state index in [1.165, 1.54) is 0 Å². The van der Waals surface area contributed by atoms with Crippen LogP contribution in [-0.4, -0.2) is 18.7 Å². The number of hydrogen-bond acceptors (Lipinski definition) is 2. The third kappa shape index (κ3) is 1.96. The molecule has 2 rings (SSSR count). The number of hydrogen-bond donors (Lipinski definition) is 0. The summed E-state index contributed by atoms with van der Waals surface area (Å²) in [4.78, 5) is 13.3. The van der Waals surface area contributed by atoms with E-state index in [2.05, 4.69) is 6.92 Å². The Morgan fingerprint density at radius 3 is 2.60 bits per heavy atom. The Hall–Kier alpha value is -1.51. The summed E-state index contributed by atoms with van der Waals surface area (Å²) >= 11 is 0. The van der Waals surface area contributed by atoms with Gasteiger partial charge in [0.2, 0.25) is 0 Å². The van der Waals surface area contributed by atoms with Gasteiger partial charge in [-0.1, -0.05) is 25.1 Å². The maximum absolute atomic E-state index is 11.7. The standard InChI is InChI=1S/C12H15NO2/c1-9-8-13(12(14)15-10(9)2)11-6-4-3-5-7-11/h3-7,9-10H,8H2,1-2H3/t9-,10+/m1/s1. The molecule has 0 aliphatic carbocycles. The van der Waals surface area contributed by atoms with Crippen molar-refractivity contribution >= 4 is 11.8 Å². The normalized spacial score (nSPS) is 26.3. The third-order valence-electron chi connectivity index (χ3n) is 2.85. The fraction of sp³-hybridized carbons (Fsp3) is 0.417. The zero-order chi connectivity index (χ0) is 10.8. The van der Waals surface area contributed by atoms with Crippen LogP contribution in [0.2, 0.25) is 0 Å². The number of rotatable bonds is 1. The highest BCUT2D eigenvalue weighted by atomic mass is 16.6. The molecule has 0 spiro atoms. The first-order valence-corrected chi connectivity index (χ1v) is 5.21. The Kier molecular flexibility index (Phi) is 2.62. The van der Waals surface area contributed by atoms with Gasteiger partial charge in [0.25, 0.3) is 0 Å². The molecule has 1 aliphatic rings. The van der Waals surface area contributed by atoms with Crippen molar-refractivity contribution in [2.75, 3.05) is 11.4 Å². The van der Waals surface area contributed by atoms with Gasteiger partial charge >= 0.3 is 6.09 Å². The van der Waals surface area contributed by atoms with E-state index >= 15 is 0 Å².